The van der Waals surface area contributed by atoms with E-state index in [0.717, 1.165) is 0 Å². The van der Waals surface area contributed by atoms with Gasteiger partial charge in [-0.3, -0.25) is 9.59 Å². The molecule has 0 saturated carbocycles. The van der Waals surface area contributed by atoms with Crippen LogP contribution in [-0.4, -0.2) is 94.8 Å². The third-order valence-electron chi connectivity index (χ3n) is 2.85. The van der Waals surface area contributed by atoms with Crippen molar-refractivity contribution in [3.8, 4) is 0 Å². The van der Waals surface area contributed by atoms with Crippen molar-refractivity contribution in [1.29, 1.82) is 0 Å². The molecule has 11 heteroatoms. The Labute approximate surface area is 137 Å². The van der Waals surface area contributed by atoms with Crippen LogP contribution in [0.1, 0.15) is 12.8 Å². The Morgan fingerprint density at radius 2 is 1.12 bits per heavy atom. The lowest BCUT2D eigenvalue weighted by Gasteiger charge is -2.19. The van der Waals surface area contributed by atoms with Gasteiger partial charge in [-0.1, -0.05) is 0 Å². The molecule has 4 N–H and O–H groups in total. The van der Waals surface area contributed by atoms with Crippen molar-refractivity contribution in [2.45, 2.75) is 25.0 Å². The molecule has 0 heterocycles. The molecule has 0 radical (unpaired) electrons. The number of hydrogen-bond donors (Lipinski definition) is 4. The zero-order valence-electron chi connectivity index (χ0n) is 13.1. The minimum absolute atomic E-state index is 0.0434. The van der Waals surface area contributed by atoms with Gasteiger partial charge >= 0.3 is 23.9 Å². The second-order valence-corrected chi connectivity index (χ2v) is 4.89. The van der Waals surface area contributed by atoms with Crippen molar-refractivity contribution >= 4 is 23.9 Å². The number of ether oxygens (including phenoxy) is 2. The van der Waals surface area contributed by atoms with Gasteiger partial charge in [0, 0.05) is 13.1 Å². The molecule has 0 amide bonds. The Kier molecular flexibility index (Phi) is 10.3. The number of nitrogens with zero attached hydrogens (tertiary/aromatic N) is 1. The van der Waals surface area contributed by atoms with Crippen LogP contribution in [0.25, 0.3) is 0 Å². The zero-order valence-corrected chi connectivity index (χ0v) is 13.1. The lowest BCUT2D eigenvalue weighted by molar-refractivity contribution is -0.157. The van der Waals surface area contributed by atoms with E-state index in [-0.39, 0.29) is 26.3 Å². The van der Waals surface area contributed by atoms with Crippen molar-refractivity contribution in [3.05, 3.63) is 0 Å². The predicted molar refractivity (Wildman–Crippen MR) is 76.8 cm³/mol. The summed E-state index contributed by atoms with van der Waals surface area (Å²) in [5.41, 5.74) is 0. The van der Waals surface area contributed by atoms with Crippen LogP contribution in [0.4, 0.5) is 0 Å². The van der Waals surface area contributed by atoms with E-state index < -0.39 is 48.9 Å². The van der Waals surface area contributed by atoms with Gasteiger partial charge in [-0.25, -0.2) is 9.59 Å². The van der Waals surface area contributed by atoms with E-state index in [4.69, 9.17) is 29.9 Å². The molecule has 0 aliphatic carbocycles. The molecule has 0 aromatic rings. The summed E-state index contributed by atoms with van der Waals surface area (Å²) in [4.78, 5) is 44.2. The first kappa shape index (κ1) is 21.8. The summed E-state index contributed by atoms with van der Waals surface area (Å²) in [6.45, 7) is 0.420. The fourth-order valence-electron chi connectivity index (χ4n) is 1.57. The topological polar surface area (TPSA) is 171 Å². The smallest absolute Gasteiger partial charge is 0.333 e. The Balaban J connectivity index is 4.06. The third-order valence-corrected chi connectivity index (χ3v) is 2.85. The summed E-state index contributed by atoms with van der Waals surface area (Å²) < 4.78 is 9.94. The highest BCUT2D eigenvalue weighted by molar-refractivity contribution is 5.80. The van der Waals surface area contributed by atoms with E-state index in [1.165, 1.54) is 0 Å². The average molecular weight is 351 g/mol. The van der Waals surface area contributed by atoms with Crippen LogP contribution in [0.2, 0.25) is 0 Å². The lowest BCUT2D eigenvalue weighted by Crippen LogP contribution is -2.34. The van der Waals surface area contributed by atoms with E-state index in [2.05, 4.69) is 0 Å². The molecule has 0 aromatic heterocycles. The van der Waals surface area contributed by atoms with Crippen molar-refractivity contribution in [1.82, 2.24) is 4.90 Å². The van der Waals surface area contributed by atoms with Gasteiger partial charge in [0.25, 0.3) is 0 Å². The van der Waals surface area contributed by atoms with Gasteiger partial charge in [0.2, 0.25) is 0 Å². The summed E-state index contributed by atoms with van der Waals surface area (Å²) in [5, 5.41) is 34.7. The second kappa shape index (κ2) is 11.3. The number of rotatable bonds is 14. The van der Waals surface area contributed by atoms with Crippen LogP contribution in [0.3, 0.4) is 0 Å². The number of hydrogen-bond acceptors (Lipinski definition) is 7. The van der Waals surface area contributed by atoms with Crippen molar-refractivity contribution in [3.63, 3.8) is 0 Å². The summed E-state index contributed by atoms with van der Waals surface area (Å²) >= 11 is 0. The molecule has 0 aliphatic heterocycles. The summed E-state index contributed by atoms with van der Waals surface area (Å²) in [6, 6.07) is 0. The van der Waals surface area contributed by atoms with Crippen LogP contribution < -0.4 is 0 Å². The number of carboxylic acid groups (broad SMARTS) is 4. The van der Waals surface area contributed by atoms with Crippen LogP contribution in [0.15, 0.2) is 0 Å². The molecule has 2 unspecified atom stereocenters. The second-order valence-electron chi connectivity index (χ2n) is 4.89. The van der Waals surface area contributed by atoms with Gasteiger partial charge in [0.15, 0.2) is 12.2 Å². The van der Waals surface area contributed by atoms with E-state index in [0.29, 0.717) is 0 Å². The summed E-state index contributed by atoms with van der Waals surface area (Å²) in [7, 11) is 1.63. The van der Waals surface area contributed by atoms with Gasteiger partial charge in [0.1, 0.15) is 0 Å². The highest BCUT2D eigenvalue weighted by Crippen LogP contribution is 2.01. The predicted octanol–water partition coefficient (Wildman–Crippen LogP) is -1.19. The molecule has 0 fully saturated rings. The van der Waals surface area contributed by atoms with Crippen molar-refractivity contribution in [2.75, 3.05) is 33.4 Å². The van der Waals surface area contributed by atoms with Crippen LogP contribution in [0.5, 0.6) is 0 Å². The molecule has 0 saturated heterocycles. The van der Waals surface area contributed by atoms with Crippen molar-refractivity contribution in [2.24, 2.45) is 0 Å². The molecule has 2 atom stereocenters. The fraction of sp³-hybridized carbons (Fsp3) is 0.692. The molecule has 0 spiro atoms. The van der Waals surface area contributed by atoms with Crippen LogP contribution >= 0.6 is 0 Å². The zero-order chi connectivity index (χ0) is 18.7. The van der Waals surface area contributed by atoms with Gasteiger partial charge < -0.3 is 34.8 Å². The quantitative estimate of drug-likeness (QED) is 0.296. The standard InChI is InChI=1S/C13H21NO10/c1-14(2-4-23-8(12(19)20)6-10(15)16)3-5-24-9(13(21)22)7-11(17)18/h8-9H,2-7H2,1H3,(H,15,16)(H,17,18)(H,19,20)(H,21,22). The summed E-state index contributed by atoms with van der Waals surface area (Å²) in [5.74, 6) is -5.33. The molecule has 0 rings (SSSR count). The molecule has 11 nitrogen and oxygen atoms in total. The first-order valence-corrected chi connectivity index (χ1v) is 6.94. The van der Waals surface area contributed by atoms with Gasteiger partial charge in [-0.05, 0) is 7.05 Å². The molecule has 24 heavy (non-hydrogen) atoms. The number of aliphatic carboxylic acids is 4. The Morgan fingerprint density at radius 1 is 0.792 bits per heavy atom. The molecular weight excluding hydrogens is 330 g/mol. The van der Waals surface area contributed by atoms with E-state index >= 15 is 0 Å². The average Bonchev–Trinajstić information content (AvgIpc) is 2.44. The summed E-state index contributed by atoms with van der Waals surface area (Å²) in [6.07, 6.45) is -4.20. The Morgan fingerprint density at radius 3 is 1.38 bits per heavy atom. The fourth-order valence-corrected chi connectivity index (χ4v) is 1.57. The van der Waals surface area contributed by atoms with E-state index in [1.807, 2.05) is 0 Å². The Bertz CT molecular complexity index is 412. The number of carboxylic acids is 4. The number of likely N-dealkylation sites (N-methyl/N-ethyl adjacent to an activating group) is 1. The SMILES string of the molecule is CN(CCOC(CC(=O)O)C(=O)O)CCOC(CC(=O)O)C(=O)O. The van der Waals surface area contributed by atoms with Crippen molar-refractivity contribution < 1.29 is 49.1 Å². The minimum atomic E-state index is -1.45. The van der Waals surface area contributed by atoms with E-state index in [9.17, 15) is 19.2 Å². The molecule has 0 bridgehead atoms. The van der Waals surface area contributed by atoms with Gasteiger partial charge in [-0.2, -0.15) is 0 Å². The maximum absolute atomic E-state index is 10.8. The molecule has 0 aliphatic rings. The number of carbonyl (C=O) groups is 4. The lowest BCUT2D eigenvalue weighted by atomic mass is 10.2. The monoisotopic (exact) mass is 351 g/mol. The third kappa shape index (κ3) is 10.5. The van der Waals surface area contributed by atoms with Gasteiger partial charge in [0.05, 0.1) is 26.1 Å². The first-order valence-electron chi connectivity index (χ1n) is 6.94. The van der Waals surface area contributed by atoms with Crippen LogP contribution in [0, 0.1) is 0 Å². The normalized spacial score (nSPS) is 13.4. The van der Waals surface area contributed by atoms with E-state index in [1.54, 1.807) is 11.9 Å². The van der Waals surface area contributed by atoms with Crippen LogP contribution in [-0.2, 0) is 28.7 Å². The minimum Gasteiger partial charge on any atom is -0.481 e. The maximum Gasteiger partial charge on any atom is 0.333 e. The molecule has 0 aromatic carbocycles. The Hall–Kier alpha value is -2.24. The first-order chi connectivity index (χ1) is 11.1. The molecule has 138 valence electrons. The highest BCUT2D eigenvalue weighted by atomic mass is 16.5. The maximum atomic E-state index is 10.8. The van der Waals surface area contributed by atoms with Gasteiger partial charge in [-0.15, -0.1) is 0 Å². The molecular formula is C13H21NO10. The largest absolute Gasteiger partial charge is 0.481 e. The highest BCUT2D eigenvalue weighted by Gasteiger charge is 2.22.